The maximum atomic E-state index is 12.2. The maximum absolute atomic E-state index is 12.2. The highest BCUT2D eigenvalue weighted by atomic mass is 32.2. The van der Waals surface area contributed by atoms with E-state index in [-0.39, 0.29) is 16.7 Å². The van der Waals surface area contributed by atoms with Gasteiger partial charge in [-0.2, -0.15) is 4.31 Å². The summed E-state index contributed by atoms with van der Waals surface area (Å²) in [7, 11) is -1.93. The molecule has 0 spiro atoms. The lowest BCUT2D eigenvalue weighted by Gasteiger charge is -2.16. The number of hydrogen-bond acceptors (Lipinski definition) is 4. The number of nitrogens with zero attached hydrogens (tertiary/aromatic N) is 1. The summed E-state index contributed by atoms with van der Waals surface area (Å²) in [6, 6.07) is 5.71. The van der Waals surface area contributed by atoms with Gasteiger partial charge in [0, 0.05) is 20.2 Å². The molecule has 0 bridgehead atoms. The topological polar surface area (TPSA) is 66.8 Å². The van der Waals surface area contributed by atoms with Crippen molar-refractivity contribution in [1.82, 2.24) is 4.31 Å². The van der Waals surface area contributed by atoms with E-state index in [1.807, 2.05) is 0 Å². The molecule has 1 aromatic carbocycles. The first-order valence-corrected chi connectivity index (χ1v) is 6.80. The molecule has 94 valence electrons. The number of benzene rings is 1. The van der Waals surface area contributed by atoms with Gasteiger partial charge < -0.3 is 9.84 Å². The molecule has 1 fully saturated rings. The average molecular weight is 257 g/mol. The summed E-state index contributed by atoms with van der Waals surface area (Å²) in [4.78, 5) is 0.120. The number of sulfonamides is 1. The Balaban J connectivity index is 2.25. The second-order valence-electron chi connectivity index (χ2n) is 4.01. The van der Waals surface area contributed by atoms with E-state index in [1.165, 1.54) is 28.6 Å². The number of phenols is 1. The molecule has 0 radical (unpaired) electrons. The SMILES string of the molecule is COC1CCN(S(=O)(=O)c2cccc(O)c2)C1. The minimum absolute atomic E-state index is 0.0397. The van der Waals surface area contributed by atoms with Crippen molar-refractivity contribution in [3.05, 3.63) is 24.3 Å². The zero-order chi connectivity index (χ0) is 12.5. The number of methoxy groups -OCH3 is 1. The Labute approximate surface area is 101 Å². The summed E-state index contributed by atoms with van der Waals surface area (Å²) in [6.45, 7) is 0.824. The fourth-order valence-electron chi connectivity index (χ4n) is 1.90. The van der Waals surface area contributed by atoms with Gasteiger partial charge in [-0.3, -0.25) is 0 Å². The van der Waals surface area contributed by atoms with E-state index in [1.54, 1.807) is 7.11 Å². The van der Waals surface area contributed by atoms with Gasteiger partial charge in [0.15, 0.2) is 0 Å². The van der Waals surface area contributed by atoms with Gasteiger partial charge in [-0.25, -0.2) is 8.42 Å². The molecule has 6 heteroatoms. The van der Waals surface area contributed by atoms with Crippen LogP contribution in [0.1, 0.15) is 6.42 Å². The second-order valence-corrected chi connectivity index (χ2v) is 5.94. The van der Waals surface area contributed by atoms with Gasteiger partial charge in [0.1, 0.15) is 5.75 Å². The van der Waals surface area contributed by atoms with Crippen LogP contribution in [0.15, 0.2) is 29.2 Å². The van der Waals surface area contributed by atoms with Gasteiger partial charge in [0.25, 0.3) is 0 Å². The van der Waals surface area contributed by atoms with Gasteiger partial charge in [-0.1, -0.05) is 6.07 Å². The molecular formula is C11H15NO4S. The quantitative estimate of drug-likeness (QED) is 0.870. The first-order chi connectivity index (χ1) is 8.04. The summed E-state index contributed by atoms with van der Waals surface area (Å²) >= 11 is 0. The molecule has 1 aliphatic rings. The summed E-state index contributed by atoms with van der Waals surface area (Å²) in [5.41, 5.74) is 0. The minimum atomic E-state index is -3.51. The molecule has 2 rings (SSSR count). The van der Waals surface area contributed by atoms with Crippen molar-refractivity contribution >= 4 is 10.0 Å². The summed E-state index contributed by atoms with van der Waals surface area (Å²) in [5, 5.41) is 9.31. The van der Waals surface area contributed by atoms with Crippen molar-refractivity contribution in [1.29, 1.82) is 0 Å². The van der Waals surface area contributed by atoms with Crippen molar-refractivity contribution in [2.24, 2.45) is 0 Å². The third-order valence-electron chi connectivity index (χ3n) is 2.90. The highest BCUT2D eigenvalue weighted by Gasteiger charge is 2.32. The van der Waals surface area contributed by atoms with E-state index in [9.17, 15) is 13.5 Å². The standard InChI is InChI=1S/C11H15NO4S/c1-16-10-5-6-12(8-10)17(14,15)11-4-2-3-9(13)7-11/h2-4,7,10,13H,5-6,8H2,1H3. The minimum Gasteiger partial charge on any atom is -0.508 e. The van der Waals surface area contributed by atoms with Crippen LogP contribution < -0.4 is 0 Å². The van der Waals surface area contributed by atoms with Crippen LogP contribution in [0.2, 0.25) is 0 Å². The fourth-order valence-corrected chi connectivity index (χ4v) is 3.43. The van der Waals surface area contributed by atoms with Gasteiger partial charge in [-0.15, -0.1) is 0 Å². The molecular weight excluding hydrogens is 242 g/mol. The Morgan fingerprint density at radius 2 is 2.24 bits per heavy atom. The molecule has 1 N–H and O–H groups in total. The average Bonchev–Trinajstić information content (AvgIpc) is 2.78. The molecule has 1 aliphatic heterocycles. The number of hydrogen-bond donors (Lipinski definition) is 1. The van der Waals surface area contributed by atoms with Gasteiger partial charge in [-0.05, 0) is 24.6 Å². The second kappa shape index (κ2) is 4.64. The highest BCUT2D eigenvalue weighted by molar-refractivity contribution is 7.89. The van der Waals surface area contributed by atoms with Crippen LogP contribution in [0, 0.1) is 0 Å². The molecule has 1 aromatic rings. The van der Waals surface area contributed by atoms with Crippen LogP contribution in [0.4, 0.5) is 0 Å². The van der Waals surface area contributed by atoms with Crippen molar-refractivity contribution in [3.8, 4) is 5.75 Å². The molecule has 1 heterocycles. The zero-order valence-corrected chi connectivity index (χ0v) is 10.4. The van der Waals surface area contributed by atoms with E-state index in [2.05, 4.69) is 0 Å². The summed E-state index contributed by atoms with van der Waals surface area (Å²) < 4.78 is 30.9. The fraction of sp³-hybridized carbons (Fsp3) is 0.455. The Morgan fingerprint density at radius 3 is 2.82 bits per heavy atom. The smallest absolute Gasteiger partial charge is 0.243 e. The predicted octanol–water partition coefficient (Wildman–Crippen LogP) is 0.802. The monoisotopic (exact) mass is 257 g/mol. The van der Waals surface area contributed by atoms with Gasteiger partial charge >= 0.3 is 0 Å². The first kappa shape index (κ1) is 12.3. The molecule has 0 aromatic heterocycles. The first-order valence-electron chi connectivity index (χ1n) is 5.36. The van der Waals surface area contributed by atoms with Crippen LogP contribution in [0.25, 0.3) is 0 Å². The predicted molar refractivity (Wildman–Crippen MR) is 62.3 cm³/mol. The maximum Gasteiger partial charge on any atom is 0.243 e. The number of rotatable bonds is 3. The third kappa shape index (κ3) is 2.43. The molecule has 17 heavy (non-hydrogen) atoms. The Hall–Kier alpha value is -1.11. The van der Waals surface area contributed by atoms with E-state index in [0.717, 1.165) is 0 Å². The lowest BCUT2D eigenvalue weighted by atomic mass is 10.3. The lowest BCUT2D eigenvalue weighted by Crippen LogP contribution is -2.30. The normalized spacial score (nSPS) is 21.8. The number of phenolic OH excluding ortho intramolecular Hbond substituents is 1. The highest BCUT2D eigenvalue weighted by Crippen LogP contribution is 2.24. The largest absolute Gasteiger partial charge is 0.508 e. The van der Waals surface area contributed by atoms with Crippen LogP contribution in [-0.2, 0) is 14.8 Å². The van der Waals surface area contributed by atoms with Crippen LogP contribution >= 0.6 is 0 Å². The zero-order valence-electron chi connectivity index (χ0n) is 9.54. The van der Waals surface area contributed by atoms with Crippen molar-refractivity contribution < 1.29 is 18.3 Å². The van der Waals surface area contributed by atoms with Crippen LogP contribution in [-0.4, -0.2) is 44.1 Å². The van der Waals surface area contributed by atoms with Crippen molar-refractivity contribution in [2.45, 2.75) is 17.4 Å². The van der Waals surface area contributed by atoms with E-state index >= 15 is 0 Å². The molecule has 1 unspecified atom stereocenters. The molecule has 5 nitrogen and oxygen atoms in total. The molecule has 0 saturated carbocycles. The van der Waals surface area contributed by atoms with E-state index < -0.39 is 10.0 Å². The summed E-state index contributed by atoms with van der Waals surface area (Å²) in [5.74, 6) is -0.0476. The molecule has 1 atom stereocenters. The Morgan fingerprint density at radius 1 is 1.47 bits per heavy atom. The number of ether oxygens (including phenoxy) is 1. The van der Waals surface area contributed by atoms with Crippen molar-refractivity contribution in [3.63, 3.8) is 0 Å². The van der Waals surface area contributed by atoms with E-state index in [0.29, 0.717) is 19.5 Å². The van der Waals surface area contributed by atoms with Crippen LogP contribution in [0.3, 0.4) is 0 Å². The van der Waals surface area contributed by atoms with Crippen LogP contribution in [0.5, 0.6) is 5.75 Å². The number of aromatic hydroxyl groups is 1. The van der Waals surface area contributed by atoms with E-state index in [4.69, 9.17) is 4.74 Å². The van der Waals surface area contributed by atoms with Gasteiger partial charge in [0.2, 0.25) is 10.0 Å². The molecule has 0 amide bonds. The van der Waals surface area contributed by atoms with Crippen molar-refractivity contribution in [2.75, 3.05) is 20.2 Å². The lowest BCUT2D eigenvalue weighted by molar-refractivity contribution is 0.115. The summed E-state index contributed by atoms with van der Waals surface area (Å²) in [6.07, 6.45) is 0.663. The molecule has 1 saturated heterocycles. The molecule has 0 aliphatic carbocycles. The Bertz CT molecular complexity index is 500. The Kier molecular flexibility index (Phi) is 3.37. The third-order valence-corrected chi connectivity index (χ3v) is 4.76. The van der Waals surface area contributed by atoms with Gasteiger partial charge in [0.05, 0.1) is 11.0 Å².